The molecule has 0 aromatic heterocycles. The summed E-state index contributed by atoms with van der Waals surface area (Å²) in [6.45, 7) is 9.26. The molecule has 1 nitrogen and oxygen atoms in total. The number of allylic oxidation sites excluding steroid dienone is 1. The van der Waals surface area contributed by atoms with Crippen molar-refractivity contribution in [1.82, 2.24) is 5.32 Å². The number of hydrogen-bond acceptors (Lipinski definition) is 1. The van der Waals surface area contributed by atoms with E-state index in [1.54, 1.807) is 12.1 Å². The smallest absolute Gasteiger partial charge is 0.312 e. The minimum atomic E-state index is -4.26. The van der Waals surface area contributed by atoms with Crippen LogP contribution in [0.15, 0.2) is 35.9 Å². The van der Waals surface area contributed by atoms with Crippen LogP contribution >= 0.6 is 0 Å². The summed E-state index contributed by atoms with van der Waals surface area (Å²) >= 11 is 0. The second kappa shape index (κ2) is 7.12. The van der Waals surface area contributed by atoms with Gasteiger partial charge in [-0.05, 0) is 64.8 Å². The zero-order valence-electron chi connectivity index (χ0n) is 13.1. The van der Waals surface area contributed by atoms with Gasteiger partial charge in [-0.3, -0.25) is 0 Å². The molecular formula is C17H24F3N. The number of benzene rings is 1. The predicted octanol–water partition coefficient (Wildman–Crippen LogP) is 4.97. The minimum absolute atomic E-state index is 0.106. The number of halogens is 3. The molecule has 0 aliphatic heterocycles. The molecular weight excluding hydrogens is 275 g/mol. The Hall–Kier alpha value is -1.29. The average Bonchev–Trinajstić information content (AvgIpc) is 2.33. The Morgan fingerprint density at radius 2 is 1.67 bits per heavy atom. The molecule has 0 saturated carbocycles. The Bertz CT molecular complexity index is 464. The fourth-order valence-electron chi connectivity index (χ4n) is 1.97. The van der Waals surface area contributed by atoms with Gasteiger partial charge >= 0.3 is 6.18 Å². The average molecular weight is 299 g/mol. The van der Waals surface area contributed by atoms with Crippen LogP contribution in [0.1, 0.15) is 45.2 Å². The molecule has 0 amide bonds. The minimum Gasteiger partial charge on any atom is -0.312 e. The van der Waals surface area contributed by atoms with Crippen molar-refractivity contribution in [1.29, 1.82) is 0 Å². The third-order valence-electron chi connectivity index (χ3n) is 3.06. The van der Waals surface area contributed by atoms with Gasteiger partial charge < -0.3 is 5.32 Å². The van der Waals surface area contributed by atoms with Crippen molar-refractivity contribution in [2.45, 2.75) is 52.3 Å². The van der Waals surface area contributed by atoms with Gasteiger partial charge in [-0.1, -0.05) is 23.8 Å². The highest BCUT2D eigenvalue weighted by Crippen LogP contribution is 2.29. The maximum atomic E-state index is 12.5. The van der Waals surface area contributed by atoms with Crippen LogP contribution in [-0.2, 0) is 12.6 Å². The van der Waals surface area contributed by atoms with E-state index >= 15 is 0 Å². The van der Waals surface area contributed by atoms with Crippen LogP contribution in [0.4, 0.5) is 13.2 Å². The Kier molecular flexibility index (Phi) is 6.02. The first-order valence-electron chi connectivity index (χ1n) is 7.15. The third kappa shape index (κ3) is 7.32. The van der Waals surface area contributed by atoms with E-state index in [9.17, 15) is 13.2 Å². The quantitative estimate of drug-likeness (QED) is 0.598. The molecule has 0 heterocycles. The molecule has 0 atom stereocenters. The summed E-state index contributed by atoms with van der Waals surface area (Å²) in [6.07, 6.45) is -0.518. The number of nitrogens with one attached hydrogen (secondary N) is 1. The lowest BCUT2D eigenvalue weighted by atomic mass is 10.0. The van der Waals surface area contributed by atoms with E-state index < -0.39 is 11.7 Å². The molecule has 1 aromatic rings. The highest BCUT2D eigenvalue weighted by atomic mass is 19.4. The third-order valence-corrected chi connectivity index (χ3v) is 3.06. The van der Waals surface area contributed by atoms with Gasteiger partial charge in [0.25, 0.3) is 0 Å². The van der Waals surface area contributed by atoms with Crippen LogP contribution in [0.5, 0.6) is 0 Å². The fourth-order valence-corrected chi connectivity index (χ4v) is 1.97. The van der Waals surface area contributed by atoms with Crippen molar-refractivity contribution in [3.05, 3.63) is 47.0 Å². The SMILES string of the molecule is CC(=CCCNC(C)(C)C)Cc1ccc(C(F)(F)F)cc1. The second-order valence-electron chi connectivity index (χ2n) is 6.39. The van der Waals surface area contributed by atoms with E-state index in [1.807, 2.05) is 6.92 Å². The predicted molar refractivity (Wildman–Crippen MR) is 81.3 cm³/mol. The Balaban J connectivity index is 2.49. The molecule has 0 saturated heterocycles. The Labute approximate surface area is 125 Å². The standard InChI is InChI=1S/C17H24F3N/c1-13(6-5-11-21-16(2,3)4)12-14-7-9-15(10-8-14)17(18,19)20/h6-10,21H,5,11-12H2,1-4H3. The maximum Gasteiger partial charge on any atom is 0.416 e. The van der Waals surface area contributed by atoms with Gasteiger partial charge in [0.2, 0.25) is 0 Å². The molecule has 1 rings (SSSR count). The van der Waals surface area contributed by atoms with Crippen molar-refractivity contribution in [3.8, 4) is 0 Å². The van der Waals surface area contributed by atoms with Gasteiger partial charge in [0.05, 0.1) is 5.56 Å². The molecule has 118 valence electrons. The molecule has 1 aromatic carbocycles. The fraction of sp³-hybridized carbons (Fsp3) is 0.529. The van der Waals surface area contributed by atoms with Gasteiger partial charge in [-0.25, -0.2) is 0 Å². The lowest BCUT2D eigenvalue weighted by Crippen LogP contribution is -2.36. The zero-order chi connectivity index (χ0) is 16.1. The van der Waals surface area contributed by atoms with Crippen LogP contribution in [0, 0.1) is 0 Å². The van der Waals surface area contributed by atoms with E-state index in [0.717, 1.165) is 30.7 Å². The summed E-state index contributed by atoms with van der Waals surface area (Å²) in [4.78, 5) is 0. The van der Waals surface area contributed by atoms with Crippen molar-refractivity contribution in [3.63, 3.8) is 0 Å². The molecule has 0 bridgehead atoms. The normalized spacial score (nSPS) is 13.6. The van der Waals surface area contributed by atoms with Gasteiger partial charge in [-0.2, -0.15) is 13.2 Å². The lowest BCUT2D eigenvalue weighted by Gasteiger charge is -2.19. The first-order chi connectivity index (χ1) is 9.58. The second-order valence-corrected chi connectivity index (χ2v) is 6.39. The van der Waals surface area contributed by atoms with Crippen LogP contribution in [0.3, 0.4) is 0 Å². The number of alkyl halides is 3. The van der Waals surface area contributed by atoms with Crippen LogP contribution < -0.4 is 5.32 Å². The van der Waals surface area contributed by atoms with E-state index in [4.69, 9.17) is 0 Å². The molecule has 1 N–H and O–H groups in total. The molecule has 0 aliphatic rings. The Morgan fingerprint density at radius 1 is 1.10 bits per heavy atom. The summed E-state index contributed by atoms with van der Waals surface area (Å²) in [5.74, 6) is 0. The van der Waals surface area contributed by atoms with Gasteiger partial charge in [-0.15, -0.1) is 0 Å². The molecule has 0 fully saturated rings. The van der Waals surface area contributed by atoms with E-state index in [0.29, 0.717) is 6.42 Å². The highest BCUT2D eigenvalue weighted by Gasteiger charge is 2.29. The largest absolute Gasteiger partial charge is 0.416 e. The van der Waals surface area contributed by atoms with Crippen molar-refractivity contribution in [2.75, 3.05) is 6.54 Å². The maximum absolute atomic E-state index is 12.5. The van der Waals surface area contributed by atoms with E-state index in [2.05, 4.69) is 32.2 Å². The zero-order valence-corrected chi connectivity index (χ0v) is 13.1. The summed E-state index contributed by atoms with van der Waals surface area (Å²) < 4.78 is 37.4. The summed E-state index contributed by atoms with van der Waals surface area (Å²) in [5.41, 5.74) is 1.59. The molecule has 21 heavy (non-hydrogen) atoms. The van der Waals surface area contributed by atoms with Crippen molar-refractivity contribution < 1.29 is 13.2 Å². The summed E-state index contributed by atoms with van der Waals surface area (Å²) in [7, 11) is 0. The van der Waals surface area contributed by atoms with Crippen molar-refractivity contribution >= 4 is 0 Å². The highest BCUT2D eigenvalue weighted by molar-refractivity contribution is 5.27. The van der Waals surface area contributed by atoms with Crippen molar-refractivity contribution in [2.24, 2.45) is 0 Å². The molecule has 0 aliphatic carbocycles. The van der Waals surface area contributed by atoms with Crippen LogP contribution in [-0.4, -0.2) is 12.1 Å². The first kappa shape index (κ1) is 17.8. The molecule has 0 radical (unpaired) electrons. The lowest BCUT2D eigenvalue weighted by molar-refractivity contribution is -0.137. The topological polar surface area (TPSA) is 12.0 Å². The molecule has 4 heteroatoms. The van der Waals surface area contributed by atoms with Gasteiger partial charge in [0.15, 0.2) is 0 Å². The van der Waals surface area contributed by atoms with Crippen LogP contribution in [0.25, 0.3) is 0 Å². The first-order valence-corrected chi connectivity index (χ1v) is 7.15. The van der Waals surface area contributed by atoms with Gasteiger partial charge in [0.1, 0.15) is 0 Å². The van der Waals surface area contributed by atoms with E-state index in [1.165, 1.54) is 5.57 Å². The number of rotatable bonds is 5. The monoisotopic (exact) mass is 299 g/mol. The Morgan fingerprint density at radius 3 is 2.14 bits per heavy atom. The summed E-state index contributed by atoms with van der Waals surface area (Å²) in [6, 6.07) is 5.38. The van der Waals surface area contributed by atoms with E-state index in [-0.39, 0.29) is 5.54 Å². The van der Waals surface area contributed by atoms with Gasteiger partial charge in [0, 0.05) is 5.54 Å². The molecule has 0 unspecified atom stereocenters. The number of hydrogen-bond donors (Lipinski definition) is 1. The van der Waals surface area contributed by atoms with Crippen LogP contribution in [0.2, 0.25) is 0 Å². The summed E-state index contributed by atoms with van der Waals surface area (Å²) in [5, 5.41) is 3.40. The molecule has 0 spiro atoms.